The number of rotatable bonds is 10. The average Bonchev–Trinajstić information content (AvgIpc) is 3.06. The van der Waals surface area contributed by atoms with Gasteiger partial charge in [0.2, 0.25) is 5.91 Å². The summed E-state index contributed by atoms with van der Waals surface area (Å²) in [7, 11) is 0. The molecule has 0 bridgehead atoms. The lowest BCUT2D eigenvalue weighted by molar-refractivity contribution is -0.116. The first-order valence-corrected chi connectivity index (χ1v) is 15.4. The van der Waals surface area contributed by atoms with Crippen LogP contribution in [0.2, 0.25) is 10.0 Å². The highest BCUT2D eigenvalue weighted by molar-refractivity contribution is 8.00. The Balaban J connectivity index is 1.35. The summed E-state index contributed by atoms with van der Waals surface area (Å²) in [6.07, 6.45) is 4.67. The van der Waals surface area contributed by atoms with Gasteiger partial charge in [0.25, 0.3) is 11.8 Å². The molecular weight excluding hydrogens is 627 g/mol. The number of aromatic nitrogens is 1. The van der Waals surface area contributed by atoms with E-state index in [2.05, 4.69) is 20.9 Å². The van der Waals surface area contributed by atoms with Crippen molar-refractivity contribution in [2.75, 3.05) is 10.6 Å². The molecule has 1 unspecified atom stereocenters. The molecule has 7 nitrogen and oxygen atoms in total. The molecule has 1 heterocycles. The highest BCUT2D eigenvalue weighted by Crippen LogP contribution is 2.37. The van der Waals surface area contributed by atoms with Gasteiger partial charge in [-0.3, -0.25) is 19.4 Å². The van der Waals surface area contributed by atoms with Crippen molar-refractivity contribution in [1.29, 1.82) is 0 Å². The molecule has 5 aromatic rings. The van der Waals surface area contributed by atoms with E-state index in [1.54, 1.807) is 85.2 Å². The highest BCUT2D eigenvalue weighted by Gasteiger charge is 2.23. The summed E-state index contributed by atoms with van der Waals surface area (Å²) in [5.41, 5.74) is 2.69. The van der Waals surface area contributed by atoms with Crippen LogP contribution in [0.3, 0.4) is 0 Å². The Morgan fingerprint density at radius 2 is 1.29 bits per heavy atom. The number of nitrogens with one attached hydrogen (secondary N) is 3. The lowest BCUT2D eigenvalue weighted by Crippen LogP contribution is -2.30. The second-order valence-corrected chi connectivity index (χ2v) is 11.6. The summed E-state index contributed by atoms with van der Waals surface area (Å²) in [6, 6.07) is 33.5. The van der Waals surface area contributed by atoms with Crippen LogP contribution in [0.4, 0.5) is 11.4 Å². The van der Waals surface area contributed by atoms with E-state index in [0.29, 0.717) is 32.5 Å². The number of hydrogen-bond acceptors (Lipinski definition) is 5. The Hall–Kier alpha value is -4.89. The predicted octanol–water partition coefficient (Wildman–Crippen LogP) is 8.27. The molecule has 224 valence electrons. The van der Waals surface area contributed by atoms with Crippen LogP contribution in [0, 0.1) is 0 Å². The monoisotopic (exact) mass is 652 g/mol. The summed E-state index contributed by atoms with van der Waals surface area (Å²) >= 11 is 14.1. The van der Waals surface area contributed by atoms with Gasteiger partial charge in [-0.2, -0.15) is 0 Å². The number of thioether (sulfide) groups is 1. The standard InChI is InChI=1S/C35H26Cl2N4O3S/c36-29-12-7-13-30(37)28(29)22-31(41-33(42)24-10-5-2-6-11-24)34(43)39-25-14-16-27(17-15-25)45-32(23-8-3-1-4-9-23)35(44)40-26-18-20-38-21-19-26/h1-22,32H,(H,39,43)(H,41,42)(H,38,40,44)/b31-22-. The number of halogens is 2. The van der Waals surface area contributed by atoms with Crippen LogP contribution < -0.4 is 16.0 Å². The zero-order chi connectivity index (χ0) is 31.6. The fraction of sp³-hybridized carbons (Fsp3) is 0.0286. The quantitative estimate of drug-likeness (QED) is 0.104. The van der Waals surface area contributed by atoms with Crippen LogP contribution in [0.15, 0.2) is 138 Å². The zero-order valence-corrected chi connectivity index (χ0v) is 25.9. The zero-order valence-electron chi connectivity index (χ0n) is 23.6. The number of hydrogen-bond donors (Lipinski definition) is 3. The van der Waals surface area contributed by atoms with Crippen LogP contribution in [0.5, 0.6) is 0 Å². The van der Waals surface area contributed by atoms with Crippen molar-refractivity contribution in [2.45, 2.75) is 10.1 Å². The van der Waals surface area contributed by atoms with Crippen LogP contribution in [-0.4, -0.2) is 22.7 Å². The van der Waals surface area contributed by atoms with Crippen molar-refractivity contribution in [3.8, 4) is 0 Å². The minimum atomic E-state index is -0.574. The molecule has 0 spiro atoms. The van der Waals surface area contributed by atoms with Crippen LogP contribution in [0.25, 0.3) is 6.08 Å². The molecule has 1 aromatic heterocycles. The van der Waals surface area contributed by atoms with Gasteiger partial charge in [-0.05, 0) is 72.3 Å². The number of carbonyl (C=O) groups excluding carboxylic acids is 3. The maximum absolute atomic E-state index is 13.5. The van der Waals surface area contributed by atoms with Gasteiger partial charge in [-0.15, -0.1) is 11.8 Å². The Labute approximate surface area is 274 Å². The second-order valence-electron chi connectivity index (χ2n) is 9.63. The number of carbonyl (C=O) groups is 3. The van der Waals surface area contributed by atoms with Gasteiger partial charge >= 0.3 is 0 Å². The van der Waals surface area contributed by atoms with Gasteiger partial charge in [-0.25, -0.2) is 0 Å². The molecule has 4 aromatic carbocycles. The maximum Gasteiger partial charge on any atom is 0.272 e. The van der Waals surface area contributed by atoms with Crippen molar-refractivity contribution in [1.82, 2.24) is 10.3 Å². The molecule has 45 heavy (non-hydrogen) atoms. The maximum atomic E-state index is 13.5. The summed E-state index contributed by atoms with van der Waals surface area (Å²) < 4.78 is 0. The van der Waals surface area contributed by atoms with Crippen LogP contribution in [0.1, 0.15) is 26.7 Å². The number of nitrogens with zero attached hydrogens (tertiary/aromatic N) is 1. The molecule has 0 fully saturated rings. The molecular formula is C35H26Cl2N4O3S. The SMILES string of the molecule is O=C(Nc1ccc(SC(C(=O)Nc2ccncc2)c2ccccc2)cc1)/C(=C/c1c(Cl)cccc1Cl)NC(=O)c1ccccc1. The van der Waals surface area contributed by atoms with E-state index in [1.807, 2.05) is 42.5 Å². The fourth-order valence-corrected chi connectivity index (χ4v) is 5.76. The van der Waals surface area contributed by atoms with Crippen molar-refractivity contribution in [3.05, 3.63) is 160 Å². The third-order valence-electron chi connectivity index (χ3n) is 6.47. The molecule has 10 heteroatoms. The Morgan fingerprint density at radius 3 is 1.93 bits per heavy atom. The topological polar surface area (TPSA) is 100 Å². The molecule has 1 atom stereocenters. The number of pyridine rings is 1. The number of benzene rings is 4. The van der Waals surface area contributed by atoms with Gasteiger partial charge in [-0.1, -0.05) is 77.8 Å². The van der Waals surface area contributed by atoms with Crippen molar-refractivity contribution in [2.24, 2.45) is 0 Å². The van der Waals surface area contributed by atoms with E-state index in [4.69, 9.17) is 23.2 Å². The fourth-order valence-electron chi connectivity index (χ4n) is 4.23. The van der Waals surface area contributed by atoms with Gasteiger partial charge in [0.15, 0.2) is 0 Å². The van der Waals surface area contributed by atoms with Gasteiger partial charge < -0.3 is 16.0 Å². The summed E-state index contributed by atoms with van der Waals surface area (Å²) in [5, 5.41) is 8.56. The molecule has 0 aliphatic rings. The normalized spacial score (nSPS) is 11.7. The molecule has 5 rings (SSSR count). The average molecular weight is 654 g/mol. The van der Waals surface area contributed by atoms with Crippen molar-refractivity contribution >= 4 is 70.1 Å². The molecule has 0 radical (unpaired) electrons. The number of anilines is 2. The first-order valence-electron chi connectivity index (χ1n) is 13.7. The van der Waals surface area contributed by atoms with Gasteiger partial charge in [0.1, 0.15) is 10.9 Å². The van der Waals surface area contributed by atoms with Gasteiger partial charge in [0.05, 0.1) is 0 Å². The predicted molar refractivity (Wildman–Crippen MR) is 181 cm³/mol. The Morgan fingerprint density at radius 1 is 0.689 bits per heavy atom. The Kier molecular flexibility index (Phi) is 10.7. The molecule has 0 saturated carbocycles. The van der Waals surface area contributed by atoms with E-state index in [0.717, 1.165) is 10.5 Å². The van der Waals surface area contributed by atoms with E-state index in [-0.39, 0.29) is 11.6 Å². The summed E-state index contributed by atoms with van der Waals surface area (Å²) in [6.45, 7) is 0. The number of amides is 3. The van der Waals surface area contributed by atoms with Crippen LogP contribution in [-0.2, 0) is 9.59 Å². The molecule has 0 aliphatic carbocycles. The first-order chi connectivity index (χ1) is 21.9. The van der Waals surface area contributed by atoms with Crippen molar-refractivity contribution < 1.29 is 14.4 Å². The Bertz CT molecular complexity index is 1800. The third-order valence-corrected chi connectivity index (χ3v) is 8.40. The largest absolute Gasteiger partial charge is 0.325 e. The second kappa shape index (κ2) is 15.2. The molecule has 0 aliphatic heterocycles. The van der Waals surface area contributed by atoms with Crippen molar-refractivity contribution in [3.63, 3.8) is 0 Å². The van der Waals surface area contributed by atoms with Gasteiger partial charge in [0, 0.05) is 49.8 Å². The summed E-state index contributed by atoms with van der Waals surface area (Å²) in [5.74, 6) is -1.23. The van der Waals surface area contributed by atoms with Crippen LogP contribution >= 0.6 is 35.0 Å². The van der Waals surface area contributed by atoms with E-state index in [1.165, 1.54) is 17.8 Å². The molecule has 0 saturated heterocycles. The first kappa shape index (κ1) is 31.5. The smallest absolute Gasteiger partial charge is 0.272 e. The minimum absolute atomic E-state index is 0.0470. The lowest BCUT2D eigenvalue weighted by Gasteiger charge is -2.17. The molecule has 3 amide bonds. The molecule has 3 N–H and O–H groups in total. The van der Waals surface area contributed by atoms with E-state index in [9.17, 15) is 14.4 Å². The highest BCUT2D eigenvalue weighted by atomic mass is 35.5. The minimum Gasteiger partial charge on any atom is -0.325 e. The van der Waals surface area contributed by atoms with E-state index < -0.39 is 17.1 Å². The third kappa shape index (κ3) is 8.61. The summed E-state index contributed by atoms with van der Waals surface area (Å²) in [4.78, 5) is 44.6. The van der Waals surface area contributed by atoms with E-state index >= 15 is 0 Å². The lowest BCUT2D eigenvalue weighted by atomic mass is 10.1.